The lowest BCUT2D eigenvalue weighted by atomic mass is 10.2. The maximum Gasteiger partial charge on any atom is 0.337 e. The second kappa shape index (κ2) is 4.52. The Hall–Kier alpha value is -2.57. The van der Waals surface area contributed by atoms with Crippen LogP contribution in [-0.2, 0) is 4.74 Å². The number of ether oxygens (including phenoxy) is 1. The second-order valence-electron chi connectivity index (χ2n) is 3.24. The highest BCUT2D eigenvalue weighted by atomic mass is 16.5. The zero-order valence-electron chi connectivity index (χ0n) is 9.10. The second-order valence-corrected chi connectivity index (χ2v) is 3.24. The Balaban J connectivity index is 2.19. The summed E-state index contributed by atoms with van der Waals surface area (Å²) < 4.78 is 4.62. The first-order chi connectivity index (χ1) is 8.19. The number of carbonyl (C=O) groups excluding carboxylic acids is 1. The van der Waals surface area contributed by atoms with Crippen LogP contribution in [0.2, 0.25) is 0 Å². The summed E-state index contributed by atoms with van der Waals surface area (Å²) in [6.45, 7) is 0. The van der Waals surface area contributed by atoms with Crippen molar-refractivity contribution in [2.24, 2.45) is 0 Å². The molecule has 0 unspecified atom stereocenters. The van der Waals surface area contributed by atoms with Crippen LogP contribution in [0.3, 0.4) is 0 Å². The van der Waals surface area contributed by atoms with Crippen molar-refractivity contribution in [1.29, 1.82) is 0 Å². The molecule has 0 aliphatic rings. The van der Waals surface area contributed by atoms with E-state index < -0.39 is 5.97 Å². The number of aromatic nitrogens is 3. The molecule has 0 aliphatic heterocycles. The molecule has 0 amide bonds. The summed E-state index contributed by atoms with van der Waals surface area (Å²) in [5.74, 6) is 0.157. The van der Waals surface area contributed by atoms with Crippen molar-refractivity contribution in [2.45, 2.75) is 0 Å². The Bertz CT molecular complexity index is 537. The number of hydrogen-bond acceptors (Lipinski definition) is 6. The van der Waals surface area contributed by atoms with Crippen LogP contribution in [-0.4, -0.2) is 28.3 Å². The summed E-state index contributed by atoms with van der Waals surface area (Å²) in [5.41, 5.74) is 6.51. The third kappa shape index (κ3) is 2.51. The minimum atomic E-state index is -0.400. The molecule has 0 saturated carbocycles. The molecule has 4 N–H and O–H groups in total. The van der Waals surface area contributed by atoms with Crippen molar-refractivity contribution in [2.75, 3.05) is 18.2 Å². The Morgan fingerprint density at radius 3 is 3.00 bits per heavy atom. The van der Waals surface area contributed by atoms with Crippen LogP contribution in [0.4, 0.5) is 17.6 Å². The fraction of sp³-hybridized carbons (Fsp3) is 0.100. The van der Waals surface area contributed by atoms with E-state index in [1.54, 1.807) is 24.3 Å². The molecule has 1 aromatic heterocycles. The SMILES string of the molecule is COC(=O)c1cccc(Nc2n[nH]c(N)n2)c1. The van der Waals surface area contributed by atoms with Crippen molar-refractivity contribution < 1.29 is 9.53 Å². The van der Waals surface area contributed by atoms with E-state index in [1.165, 1.54) is 7.11 Å². The number of rotatable bonds is 3. The Kier molecular flexibility index (Phi) is 2.91. The number of carbonyl (C=O) groups is 1. The molecule has 0 fully saturated rings. The van der Waals surface area contributed by atoms with Crippen LogP contribution >= 0.6 is 0 Å². The van der Waals surface area contributed by atoms with E-state index in [0.717, 1.165) is 0 Å². The van der Waals surface area contributed by atoms with Gasteiger partial charge in [-0.25, -0.2) is 9.89 Å². The lowest BCUT2D eigenvalue weighted by Gasteiger charge is -2.03. The van der Waals surface area contributed by atoms with Crippen molar-refractivity contribution >= 4 is 23.6 Å². The number of nitrogens with one attached hydrogen (secondary N) is 2. The van der Waals surface area contributed by atoms with Gasteiger partial charge in [0.25, 0.3) is 0 Å². The van der Waals surface area contributed by atoms with E-state index in [9.17, 15) is 4.79 Å². The topological polar surface area (TPSA) is 106 Å². The van der Waals surface area contributed by atoms with Crippen LogP contribution < -0.4 is 11.1 Å². The largest absolute Gasteiger partial charge is 0.465 e. The quantitative estimate of drug-likeness (QED) is 0.680. The highest BCUT2D eigenvalue weighted by Gasteiger charge is 2.06. The molecule has 0 atom stereocenters. The monoisotopic (exact) mass is 233 g/mol. The normalized spacial score (nSPS) is 9.94. The minimum Gasteiger partial charge on any atom is -0.465 e. The van der Waals surface area contributed by atoms with Gasteiger partial charge >= 0.3 is 5.97 Å². The molecule has 0 radical (unpaired) electrons. The number of anilines is 3. The summed E-state index contributed by atoms with van der Waals surface area (Å²) >= 11 is 0. The van der Waals surface area contributed by atoms with E-state index in [2.05, 4.69) is 25.2 Å². The van der Waals surface area contributed by atoms with Gasteiger partial charge in [-0.15, -0.1) is 5.10 Å². The minimum absolute atomic E-state index is 0.219. The van der Waals surface area contributed by atoms with Crippen molar-refractivity contribution in [3.63, 3.8) is 0 Å². The number of nitrogen functional groups attached to an aromatic ring is 1. The number of methoxy groups -OCH3 is 1. The molecule has 0 aliphatic carbocycles. The maximum atomic E-state index is 11.3. The van der Waals surface area contributed by atoms with Gasteiger partial charge in [0.1, 0.15) is 0 Å². The Labute approximate surface area is 97.0 Å². The molecule has 2 aromatic rings. The number of nitrogens with zero attached hydrogens (tertiary/aromatic N) is 2. The van der Waals surface area contributed by atoms with Gasteiger partial charge in [-0.3, -0.25) is 0 Å². The average Bonchev–Trinajstić information content (AvgIpc) is 2.74. The Morgan fingerprint density at radius 2 is 2.35 bits per heavy atom. The smallest absolute Gasteiger partial charge is 0.337 e. The molecule has 88 valence electrons. The molecule has 1 heterocycles. The summed E-state index contributed by atoms with van der Waals surface area (Å²) in [6, 6.07) is 6.80. The molecular weight excluding hydrogens is 222 g/mol. The first kappa shape index (κ1) is 10.9. The number of aromatic amines is 1. The first-order valence-corrected chi connectivity index (χ1v) is 4.82. The number of nitrogens with two attached hydrogens (primary N) is 1. The summed E-state index contributed by atoms with van der Waals surface area (Å²) in [5, 5.41) is 9.22. The van der Waals surface area contributed by atoms with Gasteiger partial charge in [-0.1, -0.05) is 6.07 Å². The van der Waals surface area contributed by atoms with Gasteiger partial charge in [-0.2, -0.15) is 4.98 Å². The number of H-pyrrole nitrogens is 1. The first-order valence-electron chi connectivity index (χ1n) is 4.82. The van der Waals surface area contributed by atoms with Crippen LogP contribution in [0.1, 0.15) is 10.4 Å². The lowest BCUT2D eigenvalue weighted by Crippen LogP contribution is -2.02. The van der Waals surface area contributed by atoms with E-state index in [-0.39, 0.29) is 5.95 Å². The van der Waals surface area contributed by atoms with Gasteiger partial charge < -0.3 is 15.8 Å². The van der Waals surface area contributed by atoms with Crippen molar-refractivity contribution in [3.05, 3.63) is 29.8 Å². The fourth-order valence-electron chi connectivity index (χ4n) is 1.30. The number of benzene rings is 1. The molecule has 17 heavy (non-hydrogen) atoms. The molecular formula is C10H11N5O2. The van der Waals surface area contributed by atoms with Gasteiger partial charge in [-0.05, 0) is 18.2 Å². The molecule has 7 heteroatoms. The predicted octanol–water partition coefficient (Wildman–Crippen LogP) is 0.917. The molecule has 0 spiro atoms. The van der Waals surface area contributed by atoms with Crippen LogP contribution in [0.5, 0.6) is 0 Å². The van der Waals surface area contributed by atoms with E-state index in [1.807, 2.05) is 0 Å². The molecule has 0 bridgehead atoms. The van der Waals surface area contributed by atoms with Crippen molar-refractivity contribution in [3.8, 4) is 0 Å². The molecule has 7 nitrogen and oxygen atoms in total. The lowest BCUT2D eigenvalue weighted by molar-refractivity contribution is 0.0601. The maximum absolute atomic E-state index is 11.3. The van der Waals surface area contributed by atoms with Crippen LogP contribution in [0, 0.1) is 0 Å². The van der Waals surface area contributed by atoms with E-state index in [0.29, 0.717) is 17.2 Å². The van der Waals surface area contributed by atoms with Gasteiger partial charge in [0.2, 0.25) is 11.9 Å². The zero-order chi connectivity index (χ0) is 12.3. The highest BCUT2D eigenvalue weighted by Crippen LogP contribution is 2.15. The van der Waals surface area contributed by atoms with Crippen molar-refractivity contribution in [1.82, 2.24) is 15.2 Å². The standard InChI is InChI=1S/C10H11N5O2/c1-17-8(16)6-3-2-4-7(5-6)12-10-13-9(11)14-15-10/h2-5H,1H3,(H4,11,12,13,14,15). The predicted molar refractivity (Wildman–Crippen MR) is 61.9 cm³/mol. The summed E-state index contributed by atoms with van der Waals surface area (Å²) in [7, 11) is 1.33. The number of esters is 1. The fourth-order valence-corrected chi connectivity index (χ4v) is 1.30. The van der Waals surface area contributed by atoms with Gasteiger partial charge in [0.05, 0.1) is 12.7 Å². The Morgan fingerprint density at radius 1 is 1.53 bits per heavy atom. The van der Waals surface area contributed by atoms with Gasteiger partial charge in [0, 0.05) is 5.69 Å². The van der Waals surface area contributed by atoms with Gasteiger partial charge in [0.15, 0.2) is 0 Å². The molecule has 1 aromatic carbocycles. The zero-order valence-corrected chi connectivity index (χ0v) is 9.10. The third-order valence-electron chi connectivity index (χ3n) is 2.04. The highest BCUT2D eigenvalue weighted by molar-refractivity contribution is 5.90. The molecule has 2 rings (SSSR count). The third-order valence-corrected chi connectivity index (χ3v) is 2.04. The van der Waals surface area contributed by atoms with E-state index in [4.69, 9.17) is 5.73 Å². The molecule has 0 saturated heterocycles. The average molecular weight is 233 g/mol. The van der Waals surface area contributed by atoms with Crippen LogP contribution in [0.25, 0.3) is 0 Å². The number of hydrogen-bond donors (Lipinski definition) is 3. The summed E-state index contributed by atoms with van der Waals surface area (Å²) in [4.78, 5) is 15.2. The van der Waals surface area contributed by atoms with Crippen LogP contribution in [0.15, 0.2) is 24.3 Å². The van der Waals surface area contributed by atoms with E-state index >= 15 is 0 Å². The summed E-state index contributed by atoms with van der Waals surface area (Å²) in [6.07, 6.45) is 0.